The molecule has 1 aromatic carbocycles. The lowest BCUT2D eigenvalue weighted by Crippen LogP contribution is -2.34. The number of aliphatic hydroxyl groups is 1. The predicted molar refractivity (Wildman–Crippen MR) is 101 cm³/mol. The summed E-state index contributed by atoms with van der Waals surface area (Å²) in [6, 6.07) is 8.06. The molecule has 1 aliphatic carbocycles. The number of hydrogen-bond acceptors (Lipinski definition) is 4. The third kappa shape index (κ3) is 4.06. The van der Waals surface area contributed by atoms with Crippen molar-refractivity contribution in [1.29, 1.82) is 0 Å². The number of hydrogen-bond donors (Lipinski definition) is 3. The van der Waals surface area contributed by atoms with Crippen LogP contribution in [-0.2, 0) is 16.0 Å². The maximum absolute atomic E-state index is 12.3. The quantitative estimate of drug-likeness (QED) is 0.706. The fraction of sp³-hybridized carbons (Fsp3) is 0.429. The van der Waals surface area contributed by atoms with Crippen LogP contribution in [0.4, 0.5) is 0 Å². The Kier molecular flexibility index (Phi) is 5.65. The molecule has 0 fully saturated rings. The monoisotopic (exact) mass is 370 g/mol. The van der Waals surface area contributed by atoms with Crippen LogP contribution < -0.4 is 5.32 Å². The zero-order chi connectivity index (χ0) is 19.6. The molecule has 27 heavy (non-hydrogen) atoms. The maximum Gasteiger partial charge on any atom is 0.355 e. The first-order valence-corrected chi connectivity index (χ1v) is 9.30. The lowest BCUT2D eigenvalue weighted by atomic mass is 9.88. The summed E-state index contributed by atoms with van der Waals surface area (Å²) in [6.45, 7) is 4.85. The van der Waals surface area contributed by atoms with Crippen LogP contribution in [0.15, 0.2) is 24.3 Å². The number of benzene rings is 1. The minimum atomic E-state index is -0.683. The number of aryl methyl sites for hydroxylation is 2. The Morgan fingerprint density at radius 2 is 2.07 bits per heavy atom. The van der Waals surface area contributed by atoms with Gasteiger partial charge in [-0.3, -0.25) is 4.79 Å². The summed E-state index contributed by atoms with van der Waals surface area (Å²) in [5.74, 6) is -0.913. The van der Waals surface area contributed by atoms with E-state index >= 15 is 0 Å². The Balaban J connectivity index is 1.60. The molecule has 0 saturated carbocycles. The zero-order valence-corrected chi connectivity index (χ0v) is 16.0. The van der Waals surface area contributed by atoms with Crippen molar-refractivity contribution in [2.45, 2.75) is 52.2 Å². The number of carbonyl (C=O) groups is 2. The van der Waals surface area contributed by atoms with Gasteiger partial charge in [0, 0.05) is 11.3 Å². The Labute approximate surface area is 158 Å². The van der Waals surface area contributed by atoms with Gasteiger partial charge in [-0.1, -0.05) is 24.3 Å². The second-order valence-electron chi connectivity index (χ2n) is 7.13. The number of nitrogens with one attached hydrogen (secondary N) is 2. The molecule has 3 N–H and O–H groups in total. The van der Waals surface area contributed by atoms with Crippen LogP contribution in [0, 0.1) is 13.8 Å². The van der Waals surface area contributed by atoms with E-state index in [-0.39, 0.29) is 24.2 Å². The van der Waals surface area contributed by atoms with Crippen molar-refractivity contribution in [2.75, 3.05) is 6.61 Å². The molecule has 6 heteroatoms. The highest BCUT2D eigenvalue weighted by molar-refractivity contribution is 5.91. The number of H-pyrrole nitrogens is 1. The lowest BCUT2D eigenvalue weighted by molar-refractivity contribution is -0.125. The van der Waals surface area contributed by atoms with Gasteiger partial charge in [-0.2, -0.15) is 0 Å². The van der Waals surface area contributed by atoms with Crippen molar-refractivity contribution in [2.24, 2.45) is 0 Å². The number of esters is 1. The van der Waals surface area contributed by atoms with Crippen molar-refractivity contribution in [1.82, 2.24) is 10.3 Å². The summed E-state index contributed by atoms with van der Waals surface area (Å²) in [7, 11) is 0. The largest absolute Gasteiger partial charge is 0.451 e. The third-order valence-corrected chi connectivity index (χ3v) is 5.16. The number of ether oxygens (including phenoxy) is 1. The molecule has 6 nitrogen and oxygen atoms in total. The first kappa shape index (κ1) is 19.2. The van der Waals surface area contributed by atoms with Crippen LogP contribution in [0.1, 0.15) is 70.3 Å². The van der Waals surface area contributed by atoms with Gasteiger partial charge < -0.3 is 20.1 Å². The van der Waals surface area contributed by atoms with Gasteiger partial charge >= 0.3 is 5.97 Å². The summed E-state index contributed by atoms with van der Waals surface area (Å²) < 4.78 is 5.18. The number of aromatic amines is 1. The van der Waals surface area contributed by atoms with Crippen molar-refractivity contribution in [3.63, 3.8) is 0 Å². The molecule has 1 heterocycles. The minimum absolute atomic E-state index is 0.0440. The highest BCUT2D eigenvalue weighted by Crippen LogP contribution is 2.29. The summed E-state index contributed by atoms with van der Waals surface area (Å²) in [6.07, 6.45) is 2.24. The van der Waals surface area contributed by atoms with E-state index < -0.39 is 12.1 Å². The molecule has 0 radical (unpaired) electrons. The van der Waals surface area contributed by atoms with E-state index in [1.807, 2.05) is 18.2 Å². The number of aliphatic hydroxyl groups excluding tert-OH is 1. The molecular weight excluding hydrogens is 344 g/mol. The second kappa shape index (κ2) is 7.96. The van der Waals surface area contributed by atoms with Gasteiger partial charge in [0.2, 0.25) is 0 Å². The van der Waals surface area contributed by atoms with E-state index in [1.165, 1.54) is 5.56 Å². The molecule has 1 aromatic heterocycles. The maximum atomic E-state index is 12.3. The van der Waals surface area contributed by atoms with Gasteiger partial charge in [0.25, 0.3) is 5.91 Å². The summed E-state index contributed by atoms with van der Waals surface area (Å²) in [5.41, 5.74) is 4.73. The van der Waals surface area contributed by atoms with Crippen molar-refractivity contribution < 1.29 is 19.4 Å². The van der Waals surface area contributed by atoms with Gasteiger partial charge in [0.15, 0.2) is 6.61 Å². The fourth-order valence-corrected chi connectivity index (χ4v) is 3.94. The van der Waals surface area contributed by atoms with Gasteiger partial charge in [-0.05, 0) is 56.7 Å². The number of rotatable bonds is 5. The highest BCUT2D eigenvalue weighted by Gasteiger charge is 2.24. The predicted octanol–water partition coefficient (Wildman–Crippen LogP) is 3.04. The minimum Gasteiger partial charge on any atom is -0.451 e. The molecule has 2 atom stereocenters. The molecule has 0 unspecified atom stereocenters. The van der Waals surface area contributed by atoms with Crippen molar-refractivity contribution >= 4 is 11.9 Å². The van der Waals surface area contributed by atoms with Crippen LogP contribution in [0.25, 0.3) is 0 Å². The Morgan fingerprint density at radius 1 is 1.33 bits per heavy atom. The summed E-state index contributed by atoms with van der Waals surface area (Å²) >= 11 is 0. The van der Waals surface area contributed by atoms with Gasteiger partial charge in [-0.25, -0.2) is 4.79 Å². The van der Waals surface area contributed by atoms with Gasteiger partial charge in [-0.15, -0.1) is 0 Å². The molecule has 1 amide bonds. The Hall–Kier alpha value is -2.60. The van der Waals surface area contributed by atoms with Gasteiger partial charge in [0.05, 0.1) is 12.1 Å². The molecule has 3 rings (SSSR count). The number of carbonyl (C=O) groups excluding carboxylic acids is 2. The number of aromatic nitrogens is 1. The molecule has 144 valence electrons. The fourth-order valence-electron chi connectivity index (χ4n) is 3.94. The van der Waals surface area contributed by atoms with Gasteiger partial charge in [0.1, 0.15) is 5.69 Å². The van der Waals surface area contributed by atoms with Crippen LogP contribution >= 0.6 is 0 Å². The SMILES string of the molecule is Cc1[nH]c(C(=O)OCC(=O)N[C@H]2CCCc3ccccc32)c(C)c1[C@@H](C)O. The third-order valence-electron chi connectivity index (χ3n) is 5.16. The Morgan fingerprint density at radius 3 is 2.78 bits per heavy atom. The molecule has 0 spiro atoms. The van der Waals surface area contributed by atoms with E-state index in [0.717, 1.165) is 30.5 Å². The van der Waals surface area contributed by atoms with Crippen molar-refractivity contribution in [3.8, 4) is 0 Å². The molecular formula is C21H26N2O4. The van der Waals surface area contributed by atoms with Crippen LogP contribution in [0.3, 0.4) is 0 Å². The first-order chi connectivity index (χ1) is 12.9. The van der Waals surface area contributed by atoms with E-state index in [2.05, 4.69) is 16.4 Å². The zero-order valence-electron chi connectivity index (χ0n) is 16.0. The lowest BCUT2D eigenvalue weighted by Gasteiger charge is -2.26. The molecule has 2 aromatic rings. The van der Waals surface area contributed by atoms with E-state index in [9.17, 15) is 14.7 Å². The summed E-state index contributed by atoms with van der Waals surface area (Å²) in [5, 5.41) is 12.8. The number of fused-ring (bicyclic) bond motifs is 1. The Bertz CT molecular complexity index is 854. The second-order valence-corrected chi connectivity index (χ2v) is 7.13. The first-order valence-electron chi connectivity index (χ1n) is 9.30. The van der Waals surface area contributed by atoms with Crippen LogP contribution in [-0.4, -0.2) is 28.6 Å². The van der Waals surface area contributed by atoms with E-state index in [4.69, 9.17) is 4.74 Å². The normalized spacial score (nSPS) is 17.1. The average molecular weight is 370 g/mol. The number of amides is 1. The molecule has 0 aliphatic heterocycles. The molecule has 0 bridgehead atoms. The highest BCUT2D eigenvalue weighted by atomic mass is 16.5. The average Bonchev–Trinajstić information content (AvgIpc) is 2.94. The van der Waals surface area contributed by atoms with Crippen molar-refractivity contribution in [3.05, 3.63) is 57.9 Å². The standard InChI is InChI=1S/C21H26N2O4/c1-12-19(14(3)24)13(2)22-20(12)21(26)27-11-18(25)23-17-10-6-8-15-7-4-5-9-16(15)17/h4-5,7,9,14,17,22,24H,6,8,10-11H2,1-3H3,(H,23,25)/t14-,17+/m1/s1. The smallest absolute Gasteiger partial charge is 0.355 e. The summed E-state index contributed by atoms with van der Waals surface area (Å²) in [4.78, 5) is 27.6. The van der Waals surface area contributed by atoms with Crippen LogP contribution in [0.5, 0.6) is 0 Å². The van der Waals surface area contributed by atoms with Crippen LogP contribution in [0.2, 0.25) is 0 Å². The van der Waals surface area contributed by atoms with E-state index in [0.29, 0.717) is 11.1 Å². The van der Waals surface area contributed by atoms with E-state index in [1.54, 1.807) is 20.8 Å². The molecule has 0 saturated heterocycles. The molecule has 1 aliphatic rings. The topological polar surface area (TPSA) is 91.4 Å².